The molecule has 3 atom stereocenters. The molecule has 0 aliphatic heterocycles. The summed E-state index contributed by atoms with van der Waals surface area (Å²) in [5, 5.41) is 0. The van der Waals surface area contributed by atoms with Gasteiger partial charge < -0.3 is 0 Å². The van der Waals surface area contributed by atoms with Gasteiger partial charge in [0, 0.05) is 17.8 Å². The first-order valence-electron chi connectivity index (χ1n) is 7.51. The SMILES string of the molecule is CC1c2nc(-c3ccccn3)ccc2[C@@H]2C[C@H]1C2(C)C. The Labute approximate surface area is 120 Å². The summed E-state index contributed by atoms with van der Waals surface area (Å²) >= 11 is 0. The molecule has 0 amide bonds. The summed E-state index contributed by atoms with van der Waals surface area (Å²) in [6.07, 6.45) is 3.17. The maximum atomic E-state index is 4.95. The summed E-state index contributed by atoms with van der Waals surface area (Å²) in [5.41, 5.74) is 5.22. The van der Waals surface area contributed by atoms with Crippen molar-refractivity contribution in [1.82, 2.24) is 9.97 Å². The molecule has 1 unspecified atom stereocenters. The van der Waals surface area contributed by atoms with Crippen LogP contribution in [0.1, 0.15) is 50.3 Å². The van der Waals surface area contributed by atoms with E-state index in [9.17, 15) is 0 Å². The van der Waals surface area contributed by atoms with Gasteiger partial charge in [-0.2, -0.15) is 0 Å². The van der Waals surface area contributed by atoms with Gasteiger partial charge >= 0.3 is 0 Å². The number of rotatable bonds is 1. The van der Waals surface area contributed by atoms with Crippen molar-refractivity contribution < 1.29 is 0 Å². The maximum Gasteiger partial charge on any atom is 0.0889 e. The fraction of sp³-hybridized carbons (Fsp3) is 0.444. The van der Waals surface area contributed by atoms with Crippen molar-refractivity contribution in [2.45, 2.75) is 39.0 Å². The van der Waals surface area contributed by atoms with Crippen molar-refractivity contribution in [3.8, 4) is 11.4 Å². The third kappa shape index (κ3) is 1.45. The smallest absolute Gasteiger partial charge is 0.0889 e. The molecule has 2 heterocycles. The predicted octanol–water partition coefficient (Wildman–Crippen LogP) is 4.39. The predicted molar refractivity (Wildman–Crippen MR) is 80.5 cm³/mol. The molecule has 2 aromatic heterocycles. The highest BCUT2D eigenvalue weighted by atomic mass is 14.8. The van der Waals surface area contributed by atoms with Crippen LogP contribution < -0.4 is 0 Å². The van der Waals surface area contributed by atoms with Crippen LogP contribution in [0, 0.1) is 11.3 Å². The van der Waals surface area contributed by atoms with E-state index in [0.717, 1.165) is 17.3 Å². The Morgan fingerprint density at radius 3 is 2.65 bits per heavy atom. The summed E-state index contributed by atoms with van der Waals surface area (Å²) in [6.45, 7) is 7.17. The second-order valence-corrected chi connectivity index (χ2v) is 6.89. The Balaban J connectivity index is 1.82. The Bertz CT molecular complexity index is 660. The van der Waals surface area contributed by atoms with Crippen LogP contribution in [-0.4, -0.2) is 9.97 Å². The van der Waals surface area contributed by atoms with Gasteiger partial charge in [-0.05, 0) is 47.4 Å². The molecular weight excluding hydrogens is 244 g/mol. The number of nitrogens with zero attached hydrogens (tertiary/aromatic N) is 2. The van der Waals surface area contributed by atoms with Crippen LogP contribution in [0.25, 0.3) is 11.4 Å². The number of hydrogen-bond donors (Lipinski definition) is 0. The van der Waals surface area contributed by atoms with E-state index in [1.165, 1.54) is 17.7 Å². The average Bonchev–Trinajstić information content (AvgIpc) is 2.47. The molecule has 1 saturated carbocycles. The monoisotopic (exact) mass is 264 g/mol. The quantitative estimate of drug-likeness (QED) is 0.763. The van der Waals surface area contributed by atoms with Gasteiger partial charge in [0.2, 0.25) is 0 Å². The summed E-state index contributed by atoms with van der Waals surface area (Å²) in [7, 11) is 0. The first kappa shape index (κ1) is 12.1. The summed E-state index contributed by atoms with van der Waals surface area (Å²) < 4.78 is 0. The molecule has 5 rings (SSSR count). The number of aromatic nitrogens is 2. The molecule has 0 aromatic carbocycles. The lowest BCUT2D eigenvalue weighted by molar-refractivity contribution is -0.00271. The van der Waals surface area contributed by atoms with Crippen LogP contribution >= 0.6 is 0 Å². The fourth-order valence-corrected chi connectivity index (χ4v) is 4.33. The van der Waals surface area contributed by atoms with Gasteiger partial charge in [-0.25, -0.2) is 0 Å². The lowest BCUT2D eigenvalue weighted by Crippen LogP contribution is -2.50. The molecule has 3 aliphatic rings. The van der Waals surface area contributed by atoms with E-state index in [0.29, 0.717) is 17.3 Å². The molecule has 2 bridgehead atoms. The normalized spacial score (nSPS) is 29.4. The first-order chi connectivity index (χ1) is 9.59. The molecule has 2 nitrogen and oxygen atoms in total. The van der Waals surface area contributed by atoms with Crippen molar-refractivity contribution in [2.75, 3.05) is 0 Å². The molecule has 0 saturated heterocycles. The highest BCUT2D eigenvalue weighted by Crippen LogP contribution is 2.66. The zero-order chi connectivity index (χ0) is 13.9. The van der Waals surface area contributed by atoms with Gasteiger partial charge in [-0.3, -0.25) is 9.97 Å². The number of hydrogen-bond acceptors (Lipinski definition) is 2. The van der Waals surface area contributed by atoms with Crippen molar-refractivity contribution in [2.24, 2.45) is 11.3 Å². The molecular formula is C18H20N2. The van der Waals surface area contributed by atoms with Gasteiger partial charge in [-0.15, -0.1) is 0 Å². The second kappa shape index (κ2) is 3.91. The van der Waals surface area contributed by atoms with Gasteiger partial charge in [0.25, 0.3) is 0 Å². The molecule has 0 N–H and O–H groups in total. The minimum atomic E-state index is 0.445. The van der Waals surface area contributed by atoms with E-state index in [1.807, 2.05) is 24.4 Å². The molecule has 20 heavy (non-hydrogen) atoms. The van der Waals surface area contributed by atoms with E-state index in [2.05, 4.69) is 37.9 Å². The zero-order valence-corrected chi connectivity index (χ0v) is 12.3. The topological polar surface area (TPSA) is 25.8 Å². The molecule has 0 radical (unpaired) electrons. The Kier molecular flexibility index (Phi) is 2.36. The highest BCUT2D eigenvalue weighted by molar-refractivity contribution is 5.56. The van der Waals surface area contributed by atoms with Crippen LogP contribution in [0.15, 0.2) is 36.5 Å². The van der Waals surface area contributed by atoms with Crippen LogP contribution in [0.2, 0.25) is 0 Å². The Hall–Kier alpha value is -1.70. The van der Waals surface area contributed by atoms with Gasteiger partial charge in [-0.1, -0.05) is 32.9 Å². The van der Waals surface area contributed by atoms with Crippen LogP contribution in [-0.2, 0) is 0 Å². The van der Waals surface area contributed by atoms with Crippen LogP contribution in [0.3, 0.4) is 0 Å². The highest BCUT2D eigenvalue weighted by Gasteiger charge is 2.56. The van der Waals surface area contributed by atoms with Crippen molar-refractivity contribution >= 4 is 0 Å². The Morgan fingerprint density at radius 2 is 1.95 bits per heavy atom. The third-order valence-corrected chi connectivity index (χ3v) is 5.64. The molecule has 2 aromatic rings. The average molecular weight is 264 g/mol. The summed E-state index contributed by atoms with van der Waals surface area (Å²) in [5.74, 6) is 2.05. The van der Waals surface area contributed by atoms with E-state index in [4.69, 9.17) is 4.98 Å². The maximum absolute atomic E-state index is 4.95. The molecule has 0 spiro atoms. The third-order valence-electron chi connectivity index (χ3n) is 5.64. The van der Waals surface area contributed by atoms with E-state index < -0.39 is 0 Å². The lowest BCUT2D eigenvalue weighted by atomic mass is 9.45. The molecule has 3 aliphatic carbocycles. The zero-order valence-electron chi connectivity index (χ0n) is 12.3. The summed E-state index contributed by atoms with van der Waals surface area (Å²) in [6, 6.07) is 10.4. The fourth-order valence-electron chi connectivity index (χ4n) is 4.33. The number of pyridine rings is 2. The van der Waals surface area contributed by atoms with Crippen molar-refractivity contribution in [3.05, 3.63) is 47.8 Å². The molecule has 2 heteroatoms. The minimum absolute atomic E-state index is 0.445. The van der Waals surface area contributed by atoms with E-state index in [-0.39, 0.29) is 0 Å². The van der Waals surface area contributed by atoms with E-state index in [1.54, 1.807) is 0 Å². The summed E-state index contributed by atoms with van der Waals surface area (Å²) in [4.78, 5) is 9.37. The minimum Gasteiger partial charge on any atom is -0.255 e. The van der Waals surface area contributed by atoms with Gasteiger partial charge in [0.05, 0.1) is 11.4 Å². The van der Waals surface area contributed by atoms with Crippen LogP contribution in [0.4, 0.5) is 0 Å². The molecule has 102 valence electrons. The van der Waals surface area contributed by atoms with Gasteiger partial charge in [0.1, 0.15) is 0 Å². The molecule has 1 fully saturated rings. The first-order valence-corrected chi connectivity index (χ1v) is 7.51. The van der Waals surface area contributed by atoms with Crippen molar-refractivity contribution in [1.29, 1.82) is 0 Å². The van der Waals surface area contributed by atoms with Gasteiger partial charge in [0.15, 0.2) is 0 Å². The van der Waals surface area contributed by atoms with E-state index >= 15 is 0 Å². The largest absolute Gasteiger partial charge is 0.255 e. The Morgan fingerprint density at radius 1 is 1.10 bits per heavy atom. The lowest BCUT2D eigenvalue weighted by Gasteiger charge is -2.59. The van der Waals surface area contributed by atoms with Crippen LogP contribution in [0.5, 0.6) is 0 Å². The van der Waals surface area contributed by atoms with Crippen molar-refractivity contribution in [3.63, 3.8) is 0 Å². The second-order valence-electron chi connectivity index (χ2n) is 6.89. The standard InChI is InChI=1S/C18H20N2/c1-11-13-10-14(18(13,2)3)12-7-8-16(20-17(11)12)15-6-4-5-9-19-15/h4-9,11,13-14H,10H2,1-3H3/t11?,13-,14+/m1/s1.